The van der Waals surface area contributed by atoms with Crippen molar-refractivity contribution >= 4 is 5.97 Å². The van der Waals surface area contributed by atoms with Gasteiger partial charge in [-0.2, -0.15) is 0 Å². The molecular weight excluding hydrogens is 246 g/mol. The van der Waals surface area contributed by atoms with Crippen LogP contribution in [0.2, 0.25) is 0 Å². The number of hydrogen-bond donors (Lipinski definition) is 1. The molecule has 0 aromatic heterocycles. The fraction of sp³-hybridized carbons (Fsp3) is 0.500. The highest BCUT2D eigenvalue weighted by molar-refractivity contribution is 5.69. The minimum Gasteiger partial charge on any atom is -0.497 e. The van der Waals surface area contributed by atoms with Gasteiger partial charge in [-0.25, -0.2) is 0 Å². The minimum atomic E-state index is -0.180. The smallest absolute Gasteiger partial charge is 0.305 e. The quantitative estimate of drug-likeness (QED) is 0.574. The Hall–Kier alpha value is -1.75. The third kappa shape index (κ3) is 5.18. The Balaban J connectivity index is 2.41. The maximum atomic E-state index is 10.9. The van der Waals surface area contributed by atoms with E-state index in [2.05, 4.69) is 10.1 Å². The van der Waals surface area contributed by atoms with Gasteiger partial charge in [-0.15, -0.1) is 0 Å². The maximum absolute atomic E-state index is 10.9. The highest BCUT2D eigenvalue weighted by Gasteiger charge is 2.05. The molecule has 0 unspecified atom stereocenters. The van der Waals surface area contributed by atoms with Crippen LogP contribution in [0.3, 0.4) is 0 Å². The Morgan fingerprint density at radius 3 is 2.63 bits per heavy atom. The maximum Gasteiger partial charge on any atom is 0.305 e. The molecule has 0 heterocycles. The zero-order valence-corrected chi connectivity index (χ0v) is 11.7. The lowest BCUT2D eigenvalue weighted by atomic mass is 10.2. The first-order valence-corrected chi connectivity index (χ1v) is 6.19. The summed E-state index contributed by atoms with van der Waals surface area (Å²) in [7, 11) is 4.68. The molecule has 106 valence electrons. The highest BCUT2D eigenvalue weighted by Crippen LogP contribution is 2.23. The molecule has 0 radical (unpaired) electrons. The monoisotopic (exact) mass is 267 g/mol. The molecule has 0 fully saturated rings. The summed E-state index contributed by atoms with van der Waals surface area (Å²) in [6, 6.07) is 5.68. The van der Waals surface area contributed by atoms with E-state index in [1.807, 2.05) is 18.2 Å². The van der Waals surface area contributed by atoms with Gasteiger partial charge in [0, 0.05) is 18.5 Å². The molecule has 0 saturated carbocycles. The number of carbonyl (C=O) groups excluding carboxylic acids is 1. The Kier molecular flexibility index (Phi) is 6.74. The summed E-state index contributed by atoms with van der Waals surface area (Å²) in [6.07, 6.45) is 1.18. The van der Waals surface area contributed by atoms with Crippen LogP contribution in [-0.2, 0) is 16.1 Å². The molecular formula is C14H21NO4. The van der Waals surface area contributed by atoms with E-state index in [1.54, 1.807) is 14.2 Å². The van der Waals surface area contributed by atoms with Crippen molar-refractivity contribution in [2.75, 3.05) is 27.9 Å². The lowest BCUT2D eigenvalue weighted by Gasteiger charge is -2.11. The van der Waals surface area contributed by atoms with Crippen LogP contribution in [-0.4, -0.2) is 33.8 Å². The van der Waals surface area contributed by atoms with Crippen LogP contribution in [0.5, 0.6) is 11.5 Å². The average Bonchev–Trinajstić information content (AvgIpc) is 2.46. The molecule has 5 nitrogen and oxygen atoms in total. The molecule has 1 N–H and O–H groups in total. The van der Waals surface area contributed by atoms with Gasteiger partial charge in [-0.3, -0.25) is 4.79 Å². The zero-order chi connectivity index (χ0) is 14.1. The number of hydrogen-bond acceptors (Lipinski definition) is 5. The fourth-order valence-corrected chi connectivity index (χ4v) is 1.70. The summed E-state index contributed by atoms with van der Waals surface area (Å²) in [5, 5.41) is 3.26. The lowest BCUT2D eigenvalue weighted by Crippen LogP contribution is -2.16. The average molecular weight is 267 g/mol. The first kappa shape index (κ1) is 15.3. The van der Waals surface area contributed by atoms with Gasteiger partial charge < -0.3 is 19.5 Å². The van der Waals surface area contributed by atoms with Gasteiger partial charge in [-0.1, -0.05) is 0 Å². The molecule has 0 saturated heterocycles. The van der Waals surface area contributed by atoms with Crippen molar-refractivity contribution in [2.24, 2.45) is 0 Å². The van der Waals surface area contributed by atoms with Gasteiger partial charge in [0.25, 0.3) is 0 Å². The Morgan fingerprint density at radius 1 is 1.21 bits per heavy atom. The number of carbonyl (C=O) groups is 1. The van der Waals surface area contributed by atoms with Gasteiger partial charge in [0.15, 0.2) is 0 Å². The number of benzene rings is 1. The fourth-order valence-electron chi connectivity index (χ4n) is 1.70. The summed E-state index contributed by atoms with van der Waals surface area (Å²) < 4.78 is 15.0. The Morgan fingerprint density at radius 2 is 2.00 bits per heavy atom. The van der Waals surface area contributed by atoms with E-state index < -0.39 is 0 Å². The Bertz CT molecular complexity index is 406. The molecule has 19 heavy (non-hydrogen) atoms. The molecule has 0 bridgehead atoms. The second-order valence-electron chi connectivity index (χ2n) is 4.03. The van der Waals surface area contributed by atoms with Crippen molar-refractivity contribution in [3.63, 3.8) is 0 Å². The van der Waals surface area contributed by atoms with Crippen LogP contribution in [0.4, 0.5) is 0 Å². The summed E-state index contributed by atoms with van der Waals surface area (Å²) in [4.78, 5) is 10.9. The molecule has 0 aliphatic heterocycles. The van der Waals surface area contributed by atoms with Crippen molar-refractivity contribution in [1.29, 1.82) is 0 Å². The number of ether oxygens (including phenoxy) is 3. The van der Waals surface area contributed by atoms with Crippen LogP contribution in [0.1, 0.15) is 18.4 Å². The van der Waals surface area contributed by atoms with E-state index in [1.165, 1.54) is 7.11 Å². The van der Waals surface area contributed by atoms with Gasteiger partial charge in [-0.05, 0) is 31.2 Å². The van der Waals surface area contributed by atoms with Crippen LogP contribution >= 0.6 is 0 Å². The van der Waals surface area contributed by atoms with Crippen molar-refractivity contribution in [3.05, 3.63) is 23.8 Å². The van der Waals surface area contributed by atoms with E-state index in [4.69, 9.17) is 9.47 Å². The topological polar surface area (TPSA) is 56.8 Å². The molecule has 0 atom stereocenters. The van der Waals surface area contributed by atoms with Crippen LogP contribution in [0.15, 0.2) is 18.2 Å². The normalized spacial score (nSPS) is 10.1. The van der Waals surface area contributed by atoms with Crippen molar-refractivity contribution in [3.8, 4) is 11.5 Å². The first-order valence-electron chi connectivity index (χ1n) is 6.19. The van der Waals surface area contributed by atoms with Crippen LogP contribution in [0, 0.1) is 0 Å². The van der Waals surface area contributed by atoms with E-state index in [9.17, 15) is 4.79 Å². The van der Waals surface area contributed by atoms with Crippen molar-refractivity contribution < 1.29 is 19.0 Å². The number of nitrogens with one attached hydrogen (secondary N) is 1. The SMILES string of the molecule is COC(=O)CCCNCc1cc(OC)ccc1OC. The Labute approximate surface area is 113 Å². The predicted octanol–water partition coefficient (Wildman–Crippen LogP) is 1.75. The standard InChI is InChI=1S/C14H21NO4/c1-17-12-6-7-13(18-2)11(9-12)10-15-8-4-5-14(16)19-3/h6-7,9,15H,4-5,8,10H2,1-3H3. The molecule has 1 rings (SSSR count). The second kappa shape index (κ2) is 8.37. The molecule has 0 amide bonds. The minimum absolute atomic E-state index is 0.180. The molecule has 1 aromatic carbocycles. The second-order valence-corrected chi connectivity index (χ2v) is 4.03. The van der Waals surface area contributed by atoms with Crippen LogP contribution in [0.25, 0.3) is 0 Å². The summed E-state index contributed by atoms with van der Waals surface area (Å²) in [5.41, 5.74) is 1.03. The molecule has 0 aliphatic carbocycles. The van der Waals surface area contributed by atoms with Gasteiger partial charge in [0.1, 0.15) is 11.5 Å². The van der Waals surface area contributed by atoms with Crippen molar-refractivity contribution in [2.45, 2.75) is 19.4 Å². The number of methoxy groups -OCH3 is 3. The van der Waals surface area contributed by atoms with E-state index in [-0.39, 0.29) is 5.97 Å². The predicted molar refractivity (Wildman–Crippen MR) is 72.5 cm³/mol. The van der Waals surface area contributed by atoms with E-state index >= 15 is 0 Å². The van der Waals surface area contributed by atoms with Gasteiger partial charge in [0.05, 0.1) is 21.3 Å². The number of rotatable bonds is 8. The summed E-state index contributed by atoms with van der Waals surface area (Å²) in [5.74, 6) is 1.44. The third-order valence-electron chi connectivity index (χ3n) is 2.77. The van der Waals surface area contributed by atoms with Crippen LogP contribution < -0.4 is 14.8 Å². The first-order chi connectivity index (χ1) is 9.21. The largest absolute Gasteiger partial charge is 0.497 e. The molecule has 0 aliphatic rings. The van der Waals surface area contributed by atoms with E-state index in [0.29, 0.717) is 13.0 Å². The summed E-state index contributed by atoms with van der Waals surface area (Å²) >= 11 is 0. The lowest BCUT2D eigenvalue weighted by molar-refractivity contribution is -0.140. The molecule has 0 spiro atoms. The number of esters is 1. The highest BCUT2D eigenvalue weighted by atomic mass is 16.5. The molecule has 1 aromatic rings. The van der Waals surface area contributed by atoms with Gasteiger partial charge in [0.2, 0.25) is 0 Å². The zero-order valence-electron chi connectivity index (χ0n) is 11.7. The molecule has 5 heteroatoms. The third-order valence-corrected chi connectivity index (χ3v) is 2.77. The van der Waals surface area contributed by atoms with Gasteiger partial charge >= 0.3 is 5.97 Å². The van der Waals surface area contributed by atoms with E-state index in [0.717, 1.165) is 30.0 Å². The summed E-state index contributed by atoms with van der Waals surface area (Å²) in [6.45, 7) is 1.41. The van der Waals surface area contributed by atoms with Crippen molar-refractivity contribution in [1.82, 2.24) is 5.32 Å².